The van der Waals surface area contributed by atoms with Crippen LogP contribution in [0.15, 0.2) is 67.1 Å². The number of aromatic nitrogens is 2. The Labute approximate surface area is 157 Å². The van der Waals surface area contributed by atoms with E-state index in [2.05, 4.69) is 9.97 Å². The van der Waals surface area contributed by atoms with E-state index in [-0.39, 0.29) is 5.78 Å². The van der Waals surface area contributed by atoms with Crippen LogP contribution in [0.25, 0.3) is 0 Å². The zero-order chi connectivity index (χ0) is 18.2. The van der Waals surface area contributed by atoms with Crippen molar-refractivity contribution in [3.8, 4) is 5.75 Å². The SMILES string of the molecule is O=C(CCc1cccnc1)Cc1ccc(COc2cccnc2Cl)cc1. The first-order chi connectivity index (χ1) is 12.7. The number of ether oxygens (including phenoxy) is 1. The first-order valence-corrected chi connectivity index (χ1v) is 8.80. The molecule has 5 heteroatoms. The minimum atomic E-state index is 0.222. The van der Waals surface area contributed by atoms with Gasteiger partial charge in [-0.1, -0.05) is 41.9 Å². The standard InChI is InChI=1S/C21H19ClN2O2/c22-21-20(4-2-12-24-21)26-15-18-7-5-16(6-8-18)13-19(25)10-9-17-3-1-11-23-14-17/h1-8,11-12,14H,9-10,13,15H2. The highest BCUT2D eigenvalue weighted by atomic mass is 35.5. The number of hydrogen-bond acceptors (Lipinski definition) is 4. The van der Waals surface area contributed by atoms with E-state index < -0.39 is 0 Å². The molecule has 0 amide bonds. The second-order valence-electron chi connectivity index (χ2n) is 5.97. The molecule has 0 radical (unpaired) electrons. The molecule has 0 spiro atoms. The van der Waals surface area contributed by atoms with Crippen LogP contribution in [0.2, 0.25) is 5.15 Å². The summed E-state index contributed by atoms with van der Waals surface area (Å²) in [6.45, 7) is 0.403. The Morgan fingerprint density at radius 1 is 0.962 bits per heavy atom. The lowest BCUT2D eigenvalue weighted by molar-refractivity contribution is -0.118. The Hall–Kier alpha value is -2.72. The van der Waals surface area contributed by atoms with Gasteiger partial charge in [-0.25, -0.2) is 4.98 Å². The van der Waals surface area contributed by atoms with Crippen LogP contribution in [0.3, 0.4) is 0 Å². The predicted octanol–water partition coefficient (Wildman–Crippen LogP) is 4.45. The molecular formula is C21H19ClN2O2. The van der Waals surface area contributed by atoms with Gasteiger partial charge in [-0.15, -0.1) is 0 Å². The van der Waals surface area contributed by atoms with Crippen molar-refractivity contribution in [2.75, 3.05) is 0 Å². The Balaban J connectivity index is 1.48. The van der Waals surface area contributed by atoms with Gasteiger partial charge in [0.15, 0.2) is 10.9 Å². The van der Waals surface area contributed by atoms with Gasteiger partial charge >= 0.3 is 0 Å². The molecule has 0 aliphatic carbocycles. The fourth-order valence-electron chi connectivity index (χ4n) is 2.54. The lowest BCUT2D eigenvalue weighted by atomic mass is 10.0. The van der Waals surface area contributed by atoms with Crippen molar-refractivity contribution in [1.29, 1.82) is 0 Å². The van der Waals surface area contributed by atoms with Crippen molar-refractivity contribution in [3.05, 3.63) is 89.0 Å². The molecule has 3 aromatic rings. The van der Waals surface area contributed by atoms with Crippen molar-refractivity contribution in [3.63, 3.8) is 0 Å². The zero-order valence-corrected chi connectivity index (χ0v) is 15.0. The zero-order valence-electron chi connectivity index (χ0n) is 14.3. The monoisotopic (exact) mass is 366 g/mol. The number of ketones is 1. The van der Waals surface area contributed by atoms with Gasteiger partial charge in [0.1, 0.15) is 12.4 Å². The molecule has 0 N–H and O–H groups in total. The number of pyridine rings is 2. The highest BCUT2D eigenvalue weighted by molar-refractivity contribution is 6.30. The summed E-state index contributed by atoms with van der Waals surface area (Å²) in [5.41, 5.74) is 3.10. The second-order valence-corrected chi connectivity index (χ2v) is 6.33. The number of benzene rings is 1. The molecule has 2 aromatic heterocycles. The Morgan fingerprint density at radius 2 is 1.73 bits per heavy atom. The van der Waals surface area contributed by atoms with Gasteiger partial charge in [-0.2, -0.15) is 0 Å². The van der Waals surface area contributed by atoms with Crippen LogP contribution >= 0.6 is 11.6 Å². The highest BCUT2D eigenvalue weighted by Gasteiger charge is 2.06. The summed E-state index contributed by atoms with van der Waals surface area (Å²) in [7, 11) is 0. The van der Waals surface area contributed by atoms with Crippen LogP contribution in [-0.2, 0) is 24.2 Å². The van der Waals surface area contributed by atoms with Crippen molar-refractivity contribution >= 4 is 17.4 Å². The third-order valence-corrected chi connectivity index (χ3v) is 4.24. The molecule has 3 rings (SSSR count). The van der Waals surface area contributed by atoms with Crippen LogP contribution in [0, 0.1) is 0 Å². The number of carbonyl (C=O) groups is 1. The lowest BCUT2D eigenvalue weighted by Gasteiger charge is -2.08. The third-order valence-electron chi connectivity index (χ3n) is 3.96. The van der Waals surface area contributed by atoms with Gasteiger partial charge in [0.2, 0.25) is 0 Å². The van der Waals surface area contributed by atoms with Crippen molar-refractivity contribution in [1.82, 2.24) is 9.97 Å². The summed E-state index contributed by atoms with van der Waals surface area (Å²) < 4.78 is 5.66. The number of nitrogens with zero attached hydrogens (tertiary/aromatic N) is 2. The Morgan fingerprint density at radius 3 is 2.46 bits per heavy atom. The van der Waals surface area contributed by atoms with Gasteiger partial charge < -0.3 is 4.74 Å². The van der Waals surface area contributed by atoms with Gasteiger partial charge in [0, 0.05) is 31.4 Å². The van der Waals surface area contributed by atoms with E-state index in [1.165, 1.54) is 0 Å². The molecule has 0 bridgehead atoms. The minimum absolute atomic E-state index is 0.222. The average molecular weight is 367 g/mol. The molecule has 0 saturated carbocycles. The number of halogens is 1. The molecule has 4 nitrogen and oxygen atoms in total. The van der Waals surface area contributed by atoms with Gasteiger partial charge in [0.05, 0.1) is 0 Å². The first-order valence-electron chi connectivity index (χ1n) is 8.42. The molecule has 0 atom stereocenters. The highest BCUT2D eigenvalue weighted by Crippen LogP contribution is 2.21. The quantitative estimate of drug-likeness (QED) is 0.552. The summed E-state index contributed by atoms with van der Waals surface area (Å²) in [6.07, 6.45) is 6.85. The number of Topliss-reactive ketones (excluding diaryl/α,β-unsaturated/α-hetero) is 1. The van der Waals surface area contributed by atoms with E-state index in [1.807, 2.05) is 36.4 Å². The lowest BCUT2D eigenvalue weighted by Crippen LogP contribution is -2.05. The minimum Gasteiger partial charge on any atom is -0.486 e. The van der Waals surface area contributed by atoms with Crippen LogP contribution in [-0.4, -0.2) is 15.8 Å². The first kappa shape index (κ1) is 18.1. The summed E-state index contributed by atoms with van der Waals surface area (Å²) in [5, 5.41) is 0.350. The Bertz CT molecular complexity index is 851. The topological polar surface area (TPSA) is 52.1 Å². The van der Waals surface area contributed by atoms with Gasteiger partial charge in [-0.3, -0.25) is 9.78 Å². The normalized spacial score (nSPS) is 10.5. The van der Waals surface area contributed by atoms with Gasteiger partial charge in [-0.05, 0) is 41.3 Å². The maximum Gasteiger partial charge on any atom is 0.171 e. The molecule has 0 unspecified atom stereocenters. The van der Waals surface area contributed by atoms with E-state index >= 15 is 0 Å². The van der Waals surface area contributed by atoms with Gasteiger partial charge in [0.25, 0.3) is 0 Å². The molecule has 2 heterocycles. The average Bonchev–Trinajstić information content (AvgIpc) is 2.68. The molecule has 132 valence electrons. The fourth-order valence-corrected chi connectivity index (χ4v) is 2.71. The maximum atomic E-state index is 12.2. The van der Waals surface area contributed by atoms with Crippen molar-refractivity contribution in [2.24, 2.45) is 0 Å². The summed E-state index contributed by atoms with van der Waals surface area (Å²) in [4.78, 5) is 20.2. The van der Waals surface area contributed by atoms with Crippen LogP contribution < -0.4 is 4.74 Å². The predicted molar refractivity (Wildman–Crippen MR) is 101 cm³/mol. The molecule has 1 aromatic carbocycles. The van der Waals surface area contributed by atoms with Crippen molar-refractivity contribution in [2.45, 2.75) is 25.9 Å². The van der Waals surface area contributed by atoms with E-state index in [4.69, 9.17) is 16.3 Å². The van der Waals surface area contributed by atoms with Crippen molar-refractivity contribution < 1.29 is 9.53 Å². The van der Waals surface area contributed by atoms with E-state index in [0.717, 1.165) is 23.1 Å². The van der Waals surface area contributed by atoms with E-state index in [0.29, 0.717) is 30.4 Å². The molecule has 26 heavy (non-hydrogen) atoms. The smallest absolute Gasteiger partial charge is 0.171 e. The summed E-state index contributed by atoms with van der Waals surface area (Å²) >= 11 is 5.97. The van der Waals surface area contributed by atoms with Crippen LogP contribution in [0.1, 0.15) is 23.1 Å². The maximum absolute atomic E-state index is 12.2. The van der Waals surface area contributed by atoms with E-state index in [9.17, 15) is 4.79 Å². The second kappa shape index (κ2) is 9.11. The number of aryl methyl sites for hydroxylation is 1. The van der Waals surface area contributed by atoms with Crippen LogP contribution in [0.5, 0.6) is 5.75 Å². The molecule has 0 fully saturated rings. The van der Waals surface area contributed by atoms with Crippen LogP contribution in [0.4, 0.5) is 0 Å². The number of hydrogen-bond donors (Lipinski definition) is 0. The summed E-state index contributed by atoms with van der Waals surface area (Å²) in [6, 6.07) is 15.3. The number of rotatable bonds is 8. The Kier molecular flexibility index (Phi) is 6.34. The number of carbonyl (C=O) groups excluding carboxylic acids is 1. The van der Waals surface area contributed by atoms with E-state index in [1.54, 1.807) is 30.7 Å². The summed E-state index contributed by atoms with van der Waals surface area (Å²) in [5.74, 6) is 0.781. The third kappa shape index (κ3) is 5.39. The molecule has 0 saturated heterocycles. The molecule has 0 aliphatic rings. The fraction of sp³-hybridized carbons (Fsp3) is 0.190. The largest absolute Gasteiger partial charge is 0.486 e. The molecular weight excluding hydrogens is 348 g/mol. The molecule has 0 aliphatic heterocycles.